The molecule has 1 N–H and O–H groups in total. The molecule has 6 nitrogen and oxygen atoms in total. The molecule has 21 heavy (non-hydrogen) atoms. The summed E-state index contributed by atoms with van der Waals surface area (Å²) in [5.74, 6) is 1.52. The van der Waals surface area contributed by atoms with Gasteiger partial charge in [-0.25, -0.2) is 4.68 Å². The molecular weight excluding hydrogens is 286 g/mol. The molecule has 0 radical (unpaired) electrons. The Morgan fingerprint density at radius 2 is 2.19 bits per heavy atom. The molecule has 1 aliphatic rings. The topological polar surface area (TPSA) is 72.7 Å². The number of hydrogen-bond acceptors (Lipinski definition) is 5. The lowest BCUT2D eigenvalue weighted by Crippen LogP contribution is -2.41. The number of rotatable bonds is 6. The first-order chi connectivity index (χ1) is 10.1. The number of carbonyl (C=O) groups is 1. The summed E-state index contributed by atoms with van der Waals surface area (Å²) < 4.78 is 1.77. The molecule has 0 aromatic carbocycles. The highest BCUT2D eigenvalue weighted by Gasteiger charge is 2.23. The molecule has 118 valence electrons. The predicted molar refractivity (Wildman–Crippen MR) is 82.9 cm³/mol. The number of thioether (sulfide) groups is 1. The number of aromatic nitrogens is 4. The van der Waals surface area contributed by atoms with Gasteiger partial charge in [-0.15, -0.1) is 5.10 Å². The summed E-state index contributed by atoms with van der Waals surface area (Å²) >= 11 is 1.41. The SMILES string of the molecule is CC(C)Cn1nnnc1SCC(=O)NC1CCCCC1C. The standard InChI is InChI=1S/C14H25N5OS/c1-10(2)8-19-14(16-17-18-19)21-9-13(20)15-12-7-5-4-6-11(12)3/h10-12H,4-9H2,1-3H3,(H,15,20). The fourth-order valence-corrected chi connectivity index (χ4v) is 3.37. The van der Waals surface area contributed by atoms with Crippen LogP contribution in [0.15, 0.2) is 5.16 Å². The van der Waals surface area contributed by atoms with Crippen LogP contribution in [0.1, 0.15) is 46.5 Å². The van der Waals surface area contributed by atoms with Crippen LogP contribution in [0.2, 0.25) is 0 Å². The van der Waals surface area contributed by atoms with Crippen LogP contribution in [0, 0.1) is 11.8 Å². The second kappa shape index (κ2) is 7.77. The van der Waals surface area contributed by atoms with E-state index < -0.39 is 0 Å². The highest BCUT2D eigenvalue weighted by molar-refractivity contribution is 7.99. The van der Waals surface area contributed by atoms with E-state index in [9.17, 15) is 4.79 Å². The smallest absolute Gasteiger partial charge is 0.230 e. The average molecular weight is 311 g/mol. The fourth-order valence-electron chi connectivity index (χ4n) is 2.67. The molecule has 1 aliphatic carbocycles. The molecule has 0 saturated heterocycles. The summed E-state index contributed by atoms with van der Waals surface area (Å²) in [6.07, 6.45) is 4.81. The van der Waals surface area contributed by atoms with Crippen molar-refractivity contribution in [2.75, 3.05) is 5.75 Å². The first kappa shape index (κ1) is 16.3. The van der Waals surface area contributed by atoms with E-state index in [1.165, 1.54) is 31.0 Å². The summed E-state index contributed by atoms with van der Waals surface area (Å²) in [7, 11) is 0. The van der Waals surface area contributed by atoms with E-state index in [1.807, 2.05) is 0 Å². The van der Waals surface area contributed by atoms with Crippen molar-refractivity contribution >= 4 is 17.7 Å². The van der Waals surface area contributed by atoms with Gasteiger partial charge in [-0.05, 0) is 35.1 Å². The molecule has 0 bridgehead atoms. The van der Waals surface area contributed by atoms with E-state index in [4.69, 9.17) is 0 Å². The van der Waals surface area contributed by atoms with Crippen molar-refractivity contribution in [3.63, 3.8) is 0 Å². The average Bonchev–Trinajstić information content (AvgIpc) is 2.85. The maximum atomic E-state index is 12.1. The highest BCUT2D eigenvalue weighted by atomic mass is 32.2. The molecule has 1 amide bonds. The molecule has 0 spiro atoms. The van der Waals surface area contributed by atoms with E-state index in [2.05, 4.69) is 41.6 Å². The minimum Gasteiger partial charge on any atom is -0.352 e. The summed E-state index contributed by atoms with van der Waals surface area (Å²) in [5.41, 5.74) is 0. The third kappa shape index (κ3) is 4.98. The van der Waals surface area contributed by atoms with E-state index in [0.717, 1.165) is 18.1 Å². The van der Waals surface area contributed by atoms with Gasteiger partial charge in [0.2, 0.25) is 11.1 Å². The molecule has 1 heterocycles. The van der Waals surface area contributed by atoms with Crippen LogP contribution in [0.4, 0.5) is 0 Å². The van der Waals surface area contributed by atoms with Gasteiger partial charge in [0.05, 0.1) is 5.75 Å². The normalized spacial score (nSPS) is 22.5. The van der Waals surface area contributed by atoms with Crippen LogP contribution >= 0.6 is 11.8 Å². The minimum atomic E-state index is 0.0813. The lowest BCUT2D eigenvalue weighted by atomic mass is 9.86. The van der Waals surface area contributed by atoms with E-state index in [0.29, 0.717) is 23.6 Å². The maximum Gasteiger partial charge on any atom is 0.230 e. The van der Waals surface area contributed by atoms with Crippen molar-refractivity contribution in [3.8, 4) is 0 Å². The Balaban J connectivity index is 1.80. The molecular formula is C14H25N5OS. The van der Waals surface area contributed by atoms with Crippen LogP contribution in [0.25, 0.3) is 0 Å². The number of carbonyl (C=O) groups excluding carboxylic acids is 1. The summed E-state index contributed by atoms with van der Waals surface area (Å²) in [6, 6.07) is 0.332. The quantitative estimate of drug-likeness (QED) is 0.815. The van der Waals surface area contributed by atoms with Crippen molar-refractivity contribution in [1.82, 2.24) is 25.5 Å². The Morgan fingerprint density at radius 3 is 2.90 bits per heavy atom. The van der Waals surface area contributed by atoms with E-state index >= 15 is 0 Å². The largest absolute Gasteiger partial charge is 0.352 e. The number of hydrogen-bond donors (Lipinski definition) is 1. The monoisotopic (exact) mass is 311 g/mol. The number of tetrazole rings is 1. The van der Waals surface area contributed by atoms with Gasteiger partial charge in [0.1, 0.15) is 0 Å². The Hall–Kier alpha value is -1.11. The molecule has 1 fully saturated rings. The van der Waals surface area contributed by atoms with Gasteiger partial charge < -0.3 is 5.32 Å². The summed E-state index contributed by atoms with van der Waals surface area (Å²) in [6.45, 7) is 7.23. The van der Waals surface area contributed by atoms with Crippen molar-refractivity contribution < 1.29 is 4.79 Å². The number of amides is 1. The lowest BCUT2D eigenvalue weighted by Gasteiger charge is -2.29. The second-order valence-corrected chi connectivity index (χ2v) is 7.20. The number of nitrogens with zero attached hydrogens (tertiary/aromatic N) is 4. The summed E-state index contributed by atoms with van der Waals surface area (Å²) in [5, 5.41) is 15.5. The van der Waals surface area contributed by atoms with Crippen LogP contribution in [-0.2, 0) is 11.3 Å². The third-order valence-electron chi connectivity index (χ3n) is 3.83. The van der Waals surface area contributed by atoms with Gasteiger partial charge in [0, 0.05) is 12.6 Å². The zero-order valence-electron chi connectivity index (χ0n) is 13.1. The highest BCUT2D eigenvalue weighted by Crippen LogP contribution is 2.24. The van der Waals surface area contributed by atoms with Crippen LogP contribution in [0.5, 0.6) is 0 Å². The fraction of sp³-hybridized carbons (Fsp3) is 0.857. The van der Waals surface area contributed by atoms with Crippen LogP contribution in [-0.4, -0.2) is 37.9 Å². The molecule has 2 rings (SSSR count). The van der Waals surface area contributed by atoms with Gasteiger partial charge in [-0.1, -0.05) is 45.4 Å². The van der Waals surface area contributed by atoms with E-state index in [-0.39, 0.29) is 5.91 Å². The minimum absolute atomic E-state index is 0.0813. The second-order valence-electron chi connectivity index (χ2n) is 6.26. The lowest BCUT2D eigenvalue weighted by molar-refractivity contribution is -0.119. The first-order valence-corrected chi connectivity index (χ1v) is 8.73. The predicted octanol–water partition coefficient (Wildman–Crippen LogP) is 2.12. The molecule has 1 aromatic heterocycles. The van der Waals surface area contributed by atoms with Crippen molar-refractivity contribution in [3.05, 3.63) is 0 Å². The molecule has 7 heteroatoms. The first-order valence-electron chi connectivity index (χ1n) is 7.74. The van der Waals surface area contributed by atoms with Gasteiger partial charge in [-0.3, -0.25) is 4.79 Å². The Morgan fingerprint density at radius 1 is 1.43 bits per heavy atom. The molecule has 2 atom stereocenters. The van der Waals surface area contributed by atoms with Gasteiger partial charge in [-0.2, -0.15) is 0 Å². The number of nitrogens with one attached hydrogen (secondary N) is 1. The van der Waals surface area contributed by atoms with Gasteiger partial charge in [0.15, 0.2) is 0 Å². The Labute approximate surface area is 130 Å². The maximum absolute atomic E-state index is 12.1. The molecule has 1 aromatic rings. The van der Waals surface area contributed by atoms with Crippen molar-refractivity contribution in [1.29, 1.82) is 0 Å². The zero-order chi connectivity index (χ0) is 15.2. The van der Waals surface area contributed by atoms with Gasteiger partial charge >= 0.3 is 0 Å². The van der Waals surface area contributed by atoms with E-state index in [1.54, 1.807) is 4.68 Å². The van der Waals surface area contributed by atoms with Crippen LogP contribution < -0.4 is 5.32 Å². The third-order valence-corrected chi connectivity index (χ3v) is 4.78. The molecule has 2 unspecified atom stereocenters. The van der Waals surface area contributed by atoms with Crippen LogP contribution in [0.3, 0.4) is 0 Å². The Bertz CT molecular complexity index is 462. The van der Waals surface area contributed by atoms with Crippen molar-refractivity contribution in [2.24, 2.45) is 11.8 Å². The summed E-state index contributed by atoms with van der Waals surface area (Å²) in [4.78, 5) is 12.1. The Kier molecular flexibility index (Phi) is 6.02. The molecule has 1 saturated carbocycles. The van der Waals surface area contributed by atoms with Crippen molar-refractivity contribution in [2.45, 2.75) is 64.2 Å². The zero-order valence-corrected chi connectivity index (χ0v) is 13.9. The molecule has 0 aliphatic heterocycles. The van der Waals surface area contributed by atoms with Gasteiger partial charge in [0.25, 0.3) is 0 Å².